The van der Waals surface area contributed by atoms with Crippen molar-refractivity contribution in [2.45, 2.75) is 120 Å². The minimum absolute atomic E-state index is 0.0102. The molecule has 3 saturated carbocycles. The van der Waals surface area contributed by atoms with E-state index in [1.165, 1.54) is 50.5 Å². The molecule has 4 fully saturated rings. The van der Waals surface area contributed by atoms with Gasteiger partial charge >= 0.3 is 6.03 Å². The molecule has 0 aromatic heterocycles. The van der Waals surface area contributed by atoms with Crippen molar-refractivity contribution >= 4 is 6.03 Å². The van der Waals surface area contributed by atoms with Gasteiger partial charge < -0.3 is 14.5 Å². The Hall–Kier alpha value is -1.59. The van der Waals surface area contributed by atoms with E-state index in [0.717, 1.165) is 77.6 Å². The van der Waals surface area contributed by atoms with E-state index in [4.69, 9.17) is 4.74 Å². The Balaban J connectivity index is 1.32. The first-order chi connectivity index (χ1) is 18.4. The molecule has 5 nitrogen and oxygen atoms in total. The van der Waals surface area contributed by atoms with Gasteiger partial charge in [0, 0.05) is 31.8 Å². The zero-order valence-electron chi connectivity index (χ0n) is 24.6. The molecule has 3 aliphatic carbocycles. The quantitative estimate of drug-likeness (QED) is 0.288. The number of nitrogens with zero attached hydrogens (tertiary/aromatic N) is 3. The fraction of sp³-hybridized carbons (Fsp3) is 0.788. The van der Waals surface area contributed by atoms with Gasteiger partial charge in [-0.25, -0.2) is 4.79 Å². The second-order valence-corrected chi connectivity index (χ2v) is 13.3. The molecule has 2 amide bonds. The Labute approximate surface area is 232 Å². The number of amides is 2. The molecule has 1 aromatic carbocycles. The SMILES string of the molecule is CCCCOC1(CCN2CC3(CCC(c4ccccc4)(N(C)C)CC3)N(CC3CCC3)C2=O)CCCCC1. The summed E-state index contributed by atoms with van der Waals surface area (Å²) >= 11 is 0. The summed E-state index contributed by atoms with van der Waals surface area (Å²) in [4.78, 5) is 21.1. The highest BCUT2D eigenvalue weighted by atomic mass is 16.5. The van der Waals surface area contributed by atoms with E-state index in [9.17, 15) is 4.79 Å². The summed E-state index contributed by atoms with van der Waals surface area (Å²) in [6.07, 6.45) is 17.8. The fourth-order valence-electron chi connectivity index (χ4n) is 8.00. The Kier molecular flexibility index (Phi) is 8.74. The second-order valence-electron chi connectivity index (χ2n) is 13.3. The molecule has 1 spiro atoms. The van der Waals surface area contributed by atoms with Gasteiger partial charge in [-0.15, -0.1) is 0 Å². The van der Waals surface area contributed by atoms with E-state index in [2.05, 4.69) is 66.1 Å². The fourth-order valence-corrected chi connectivity index (χ4v) is 8.00. The minimum atomic E-state index is -0.0117. The van der Waals surface area contributed by atoms with Gasteiger partial charge in [-0.3, -0.25) is 4.90 Å². The molecule has 1 heterocycles. The Morgan fingerprint density at radius 3 is 2.26 bits per heavy atom. The maximum absolute atomic E-state index is 14.1. The lowest BCUT2D eigenvalue weighted by Gasteiger charge is -2.51. The standard InChI is InChI=1S/C33H53N3O2/c1-4-5-25-38-32(17-10-7-11-18-32)23-24-35-27-31(36(30(35)37)26-28-13-12-14-28)19-21-33(22-20-31,34(2)3)29-15-8-6-9-16-29/h6,8-9,15-16,28H,4-5,7,10-14,17-27H2,1-3H3. The van der Waals surface area contributed by atoms with Crippen molar-refractivity contribution in [3.05, 3.63) is 35.9 Å². The van der Waals surface area contributed by atoms with Crippen molar-refractivity contribution in [2.24, 2.45) is 5.92 Å². The first-order valence-corrected chi connectivity index (χ1v) is 15.9. The average molecular weight is 524 g/mol. The van der Waals surface area contributed by atoms with Crippen LogP contribution >= 0.6 is 0 Å². The van der Waals surface area contributed by atoms with Crippen molar-refractivity contribution < 1.29 is 9.53 Å². The monoisotopic (exact) mass is 523 g/mol. The number of hydrogen-bond acceptors (Lipinski definition) is 3. The molecular formula is C33H53N3O2. The van der Waals surface area contributed by atoms with Crippen LogP contribution in [-0.2, 0) is 10.3 Å². The predicted octanol–water partition coefficient (Wildman–Crippen LogP) is 7.20. The van der Waals surface area contributed by atoms with Crippen molar-refractivity contribution in [3.8, 4) is 0 Å². The van der Waals surface area contributed by atoms with Crippen LogP contribution in [0.3, 0.4) is 0 Å². The summed E-state index contributed by atoms with van der Waals surface area (Å²) in [5.41, 5.74) is 1.46. The smallest absolute Gasteiger partial charge is 0.320 e. The highest BCUT2D eigenvalue weighted by Gasteiger charge is 2.55. The van der Waals surface area contributed by atoms with Crippen LogP contribution < -0.4 is 0 Å². The van der Waals surface area contributed by atoms with Crippen LogP contribution in [0.15, 0.2) is 30.3 Å². The molecule has 5 heteroatoms. The summed E-state index contributed by atoms with van der Waals surface area (Å²) < 4.78 is 6.61. The average Bonchev–Trinajstić information content (AvgIpc) is 3.16. The van der Waals surface area contributed by atoms with Crippen LogP contribution in [0.2, 0.25) is 0 Å². The Morgan fingerprint density at radius 1 is 0.947 bits per heavy atom. The third-order valence-electron chi connectivity index (χ3n) is 10.9. The van der Waals surface area contributed by atoms with Gasteiger partial charge in [-0.1, -0.05) is 69.4 Å². The third kappa shape index (κ3) is 5.52. The first kappa shape index (κ1) is 28.0. The van der Waals surface area contributed by atoms with E-state index in [1.807, 2.05) is 0 Å². The number of carbonyl (C=O) groups excluding carboxylic acids is 1. The van der Waals surface area contributed by atoms with Gasteiger partial charge in [-0.05, 0) is 89.8 Å². The number of hydrogen-bond donors (Lipinski definition) is 0. The van der Waals surface area contributed by atoms with Crippen molar-refractivity contribution in [1.29, 1.82) is 0 Å². The predicted molar refractivity (Wildman–Crippen MR) is 155 cm³/mol. The highest BCUT2D eigenvalue weighted by Crippen LogP contribution is 2.50. The summed E-state index contributed by atoms with van der Waals surface area (Å²) in [7, 11) is 4.48. The number of benzene rings is 1. The molecule has 0 atom stereocenters. The molecule has 0 radical (unpaired) electrons. The van der Waals surface area contributed by atoms with Crippen LogP contribution in [0, 0.1) is 5.92 Å². The van der Waals surface area contributed by atoms with E-state index < -0.39 is 0 Å². The van der Waals surface area contributed by atoms with Gasteiger partial charge in [-0.2, -0.15) is 0 Å². The normalized spacial score (nSPS) is 29.8. The highest BCUT2D eigenvalue weighted by molar-refractivity contribution is 5.78. The molecule has 5 rings (SSSR count). The Bertz CT molecular complexity index is 898. The number of ether oxygens (including phenoxy) is 1. The van der Waals surface area contributed by atoms with Gasteiger partial charge in [0.25, 0.3) is 0 Å². The van der Waals surface area contributed by atoms with E-state index in [-0.39, 0.29) is 16.7 Å². The molecular weight excluding hydrogens is 470 g/mol. The lowest BCUT2D eigenvalue weighted by molar-refractivity contribution is -0.0790. The Morgan fingerprint density at radius 2 is 1.66 bits per heavy atom. The second kappa shape index (κ2) is 11.9. The third-order valence-corrected chi connectivity index (χ3v) is 10.9. The maximum atomic E-state index is 14.1. The number of carbonyl (C=O) groups is 1. The summed E-state index contributed by atoms with van der Waals surface area (Å²) in [5.74, 6) is 0.701. The number of urea groups is 1. The molecule has 0 unspecified atom stereocenters. The van der Waals surface area contributed by atoms with Crippen LogP contribution in [0.1, 0.15) is 109 Å². The first-order valence-electron chi connectivity index (χ1n) is 15.9. The number of rotatable bonds is 11. The summed E-state index contributed by atoms with van der Waals surface area (Å²) in [5, 5.41) is 0. The van der Waals surface area contributed by atoms with Gasteiger partial charge in [0.15, 0.2) is 0 Å². The summed E-state index contributed by atoms with van der Waals surface area (Å²) in [6.45, 7) is 5.83. The van der Waals surface area contributed by atoms with E-state index in [1.54, 1.807) is 0 Å². The maximum Gasteiger partial charge on any atom is 0.320 e. The number of unbranched alkanes of at least 4 members (excludes halogenated alkanes) is 1. The van der Waals surface area contributed by atoms with Crippen LogP contribution in [-0.4, -0.2) is 72.2 Å². The molecule has 4 aliphatic rings. The molecule has 1 aromatic rings. The lowest BCUT2D eigenvalue weighted by Crippen LogP contribution is -2.56. The van der Waals surface area contributed by atoms with E-state index >= 15 is 0 Å². The minimum Gasteiger partial charge on any atom is -0.375 e. The molecule has 0 bridgehead atoms. The van der Waals surface area contributed by atoms with Gasteiger partial charge in [0.1, 0.15) is 0 Å². The van der Waals surface area contributed by atoms with Crippen LogP contribution in [0.4, 0.5) is 4.79 Å². The zero-order valence-corrected chi connectivity index (χ0v) is 24.6. The zero-order chi connectivity index (χ0) is 26.6. The largest absolute Gasteiger partial charge is 0.375 e. The van der Waals surface area contributed by atoms with Crippen LogP contribution in [0.5, 0.6) is 0 Å². The van der Waals surface area contributed by atoms with E-state index in [0.29, 0.717) is 11.9 Å². The van der Waals surface area contributed by atoms with Crippen LogP contribution in [0.25, 0.3) is 0 Å². The van der Waals surface area contributed by atoms with Crippen molar-refractivity contribution in [2.75, 3.05) is 40.3 Å². The molecule has 212 valence electrons. The van der Waals surface area contributed by atoms with Crippen molar-refractivity contribution in [1.82, 2.24) is 14.7 Å². The van der Waals surface area contributed by atoms with Crippen molar-refractivity contribution in [3.63, 3.8) is 0 Å². The van der Waals surface area contributed by atoms with Gasteiger partial charge in [0.2, 0.25) is 0 Å². The van der Waals surface area contributed by atoms with Gasteiger partial charge in [0.05, 0.1) is 11.1 Å². The molecule has 1 aliphatic heterocycles. The molecule has 0 N–H and O–H groups in total. The molecule has 38 heavy (non-hydrogen) atoms. The summed E-state index contributed by atoms with van der Waals surface area (Å²) in [6, 6.07) is 11.4. The topological polar surface area (TPSA) is 36.0 Å². The lowest BCUT2D eigenvalue weighted by atomic mass is 9.68. The molecule has 1 saturated heterocycles.